The molecule has 1 rings (SSSR count). The molecule has 0 radical (unpaired) electrons. The molecule has 7 heteroatoms. The summed E-state index contributed by atoms with van der Waals surface area (Å²) in [7, 11) is 3.34. The highest BCUT2D eigenvalue weighted by Gasteiger charge is 2.15. The highest BCUT2D eigenvalue weighted by molar-refractivity contribution is 14.0. The van der Waals surface area contributed by atoms with E-state index in [-0.39, 0.29) is 29.6 Å². The fraction of sp³-hybridized carbons (Fsp3) is 0.588. The van der Waals surface area contributed by atoms with Crippen molar-refractivity contribution in [1.29, 1.82) is 0 Å². The van der Waals surface area contributed by atoms with E-state index in [1.54, 1.807) is 14.2 Å². The summed E-state index contributed by atoms with van der Waals surface area (Å²) in [6.07, 6.45) is 0. The van der Waals surface area contributed by atoms with Gasteiger partial charge >= 0.3 is 0 Å². The second kappa shape index (κ2) is 12.2. The number of guanidine groups is 1. The van der Waals surface area contributed by atoms with E-state index in [9.17, 15) is 0 Å². The zero-order chi connectivity index (χ0) is 17.1. The summed E-state index contributed by atoms with van der Waals surface area (Å²) in [6, 6.07) is 7.53. The Kier molecular flexibility index (Phi) is 11.6. The Morgan fingerprint density at radius 1 is 1.08 bits per heavy atom. The molecule has 6 nitrogen and oxygen atoms in total. The molecule has 0 heterocycles. The minimum atomic E-state index is -0.276. The van der Waals surface area contributed by atoms with Crippen LogP contribution in [0.5, 0.6) is 11.5 Å². The van der Waals surface area contributed by atoms with Gasteiger partial charge in [-0.3, -0.25) is 4.99 Å². The lowest BCUT2D eigenvalue weighted by Crippen LogP contribution is -2.40. The number of benzene rings is 1. The van der Waals surface area contributed by atoms with Crippen LogP contribution in [0.2, 0.25) is 0 Å². The zero-order valence-corrected chi connectivity index (χ0v) is 17.5. The van der Waals surface area contributed by atoms with Crippen LogP contribution in [0.1, 0.15) is 20.8 Å². The van der Waals surface area contributed by atoms with E-state index >= 15 is 0 Å². The van der Waals surface area contributed by atoms with E-state index in [2.05, 4.69) is 15.6 Å². The van der Waals surface area contributed by atoms with Crippen molar-refractivity contribution in [3.8, 4) is 11.5 Å². The number of hydrogen-bond acceptors (Lipinski definition) is 4. The number of ether oxygens (including phenoxy) is 3. The SMILES string of the molecule is CCNC(=NCC(C)(C)OC)NCCOc1ccc(OC)cc1.I. The molecule has 0 fully saturated rings. The summed E-state index contributed by atoms with van der Waals surface area (Å²) < 4.78 is 16.2. The number of nitrogens with one attached hydrogen (secondary N) is 2. The molecule has 0 unspecified atom stereocenters. The van der Waals surface area contributed by atoms with E-state index < -0.39 is 0 Å². The average Bonchev–Trinajstić information content (AvgIpc) is 2.57. The van der Waals surface area contributed by atoms with Gasteiger partial charge in [-0.05, 0) is 45.0 Å². The van der Waals surface area contributed by atoms with Gasteiger partial charge in [0.2, 0.25) is 0 Å². The van der Waals surface area contributed by atoms with Gasteiger partial charge in [0.15, 0.2) is 5.96 Å². The van der Waals surface area contributed by atoms with Crippen molar-refractivity contribution >= 4 is 29.9 Å². The Balaban J connectivity index is 0.00000529. The normalized spacial score (nSPS) is 11.5. The van der Waals surface area contributed by atoms with E-state index in [4.69, 9.17) is 14.2 Å². The molecule has 138 valence electrons. The van der Waals surface area contributed by atoms with Crippen molar-refractivity contribution in [2.24, 2.45) is 4.99 Å². The maximum Gasteiger partial charge on any atom is 0.191 e. The van der Waals surface area contributed by atoms with Crippen LogP contribution >= 0.6 is 24.0 Å². The lowest BCUT2D eigenvalue weighted by atomic mass is 10.1. The summed E-state index contributed by atoms with van der Waals surface area (Å²) in [5.41, 5.74) is -0.276. The molecule has 0 saturated carbocycles. The minimum Gasteiger partial charge on any atom is -0.497 e. The lowest BCUT2D eigenvalue weighted by Gasteiger charge is -2.21. The number of hydrogen-bond donors (Lipinski definition) is 2. The standard InChI is InChI=1S/C17H29N3O3.HI/c1-6-18-16(20-13-17(2,3)22-5)19-11-12-23-15-9-7-14(21-4)8-10-15;/h7-10H,6,11-13H2,1-5H3,(H2,18,19,20);1H. The van der Waals surface area contributed by atoms with Gasteiger partial charge in [-0.15, -0.1) is 24.0 Å². The van der Waals surface area contributed by atoms with Gasteiger partial charge in [0, 0.05) is 13.7 Å². The van der Waals surface area contributed by atoms with Crippen molar-refractivity contribution in [2.75, 3.05) is 40.5 Å². The molecule has 0 amide bonds. The first-order valence-electron chi connectivity index (χ1n) is 7.85. The largest absolute Gasteiger partial charge is 0.497 e. The summed E-state index contributed by atoms with van der Waals surface area (Å²) in [5.74, 6) is 2.39. The fourth-order valence-corrected chi connectivity index (χ4v) is 1.69. The molecular formula is C17H30IN3O3. The first-order valence-corrected chi connectivity index (χ1v) is 7.85. The maximum atomic E-state index is 5.68. The molecule has 0 aliphatic carbocycles. The Bertz CT molecular complexity index is 478. The quantitative estimate of drug-likeness (QED) is 0.262. The third-order valence-corrected chi connectivity index (χ3v) is 3.24. The second-order valence-electron chi connectivity index (χ2n) is 5.61. The molecule has 1 aromatic rings. The molecule has 0 saturated heterocycles. The molecule has 2 N–H and O–H groups in total. The predicted molar refractivity (Wildman–Crippen MR) is 109 cm³/mol. The smallest absolute Gasteiger partial charge is 0.191 e. The number of nitrogens with zero attached hydrogens (tertiary/aromatic N) is 1. The molecule has 1 aromatic carbocycles. The van der Waals surface area contributed by atoms with Crippen molar-refractivity contribution in [3.05, 3.63) is 24.3 Å². The summed E-state index contributed by atoms with van der Waals surface area (Å²) in [6.45, 7) is 8.64. The van der Waals surface area contributed by atoms with Gasteiger partial charge in [-0.25, -0.2) is 0 Å². The van der Waals surface area contributed by atoms with Crippen molar-refractivity contribution in [3.63, 3.8) is 0 Å². The first-order chi connectivity index (χ1) is 11.0. The van der Waals surface area contributed by atoms with Gasteiger partial charge in [0.1, 0.15) is 18.1 Å². The van der Waals surface area contributed by atoms with E-state index in [1.807, 2.05) is 45.0 Å². The van der Waals surface area contributed by atoms with E-state index in [1.165, 1.54) is 0 Å². The highest BCUT2D eigenvalue weighted by Crippen LogP contribution is 2.16. The number of methoxy groups -OCH3 is 2. The molecule has 0 aliphatic heterocycles. The summed E-state index contributed by atoms with van der Waals surface area (Å²) >= 11 is 0. The maximum absolute atomic E-state index is 5.68. The molecule has 0 bridgehead atoms. The average molecular weight is 451 g/mol. The summed E-state index contributed by atoms with van der Waals surface area (Å²) in [5, 5.41) is 6.45. The van der Waals surface area contributed by atoms with Crippen LogP contribution in [0.4, 0.5) is 0 Å². The van der Waals surface area contributed by atoms with Crippen LogP contribution in [-0.4, -0.2) is 52.0 Å². The molecule has 0 spiro atoms. The Morgan fingerprint density at radius 2 is 1.71 bits per heavy atom. The van der Waals surface area contributed by atoms with Crippen LogP contribution in [-0.2, 0) is 4.74 Å². The third kappa shape index (κ3) is 9.17. The topological polar surface area (TPSA) is 64.1 Å². The molecule has 0 atom stereocenters. The van der Waals surface area contributed by atoms with Crippen LogP contribution < -0.4 is 20.1 Å². The number of halogens is 1. The second-order valence-corrected chi connectivity index (χ2v) is 5.61. The van der Waals surface area contributed by atoms with Crippen molar-refractivity contribution < 1.29 is 14.2 Å². The number of rotatable bonds is 9. The minimum absolute atomic E-state index is 0. The van der Waals surface area contributed by atoms with E-state index in [0.717, 1.165) is 24.0 Å². The number of aliphatic imine (C=N–C) groups is 1. The Hall–Kier alpha value is -1.22. The van der Waals surface area contributed by atoms with E-state index in [0.29, 0.717) is 19.7 Å². The van der Waals surface area contributed by atoms with Gasteiger partial charge in [-0.2, -0.15) is 0 Å². The molecule has 0 aliphatic rings. The van der Waals surface area contributed by atoms with Gasteiger partial charge < -0.3 is 24.8 Å². The first kappa shape index (κ1) is 22.8. The molecule has 0 aromatic heterocycles. The van der Waals surface area contributed by atoms with Crippen LogP contribution in [0.15, 0.2) is 29.3 Å². The monoisotopic (exact) mass is 451 g/mol. The van der Waals surface area contributed by atoms with Gasteiger partial charge in [0.05, 0.1) is 25.8 Å². The molecular weight excluding hydrogens is 421 g/mol. The fourth-order valence-electron chi connectivity index (χ4n) is 1.69. The highest BCUT2D eigenvalue weighted by atomic mass is 127. The van der Waals surface area contributed by atoms with Crippen LogP contribution in [0, 0.1) is 0 Å². The predicted octanol–water partition coefficient (Wildman–Crippen LogP) is 2.67. The van der Waals surface area contributed by atoms with Crippen molar-refractivity contribution in [2.45, 2.75) is 26.4 Å². The van der Waals surface area contributed by atoms with Gasteiger partial charge in [0.25, 0.3) is 0 Å². The van der Waals surface area contributed by atoms with Crippen LogP contribution in [0.3, 0.4) is 0 Å². The Morgan fingerprint density at radius 3 is 2.25 bits per heavy atom. The Labute approximate surface area is 162 Å². The molecule has 24 heavy (non-hydrogen) atoms. The zero-order valence-electron chi connectivity index (χ0n) is 15.2. The van der Waals surface area contributed by atoms with Gasteiger partial charge in [-0.1, -0.05) is 0 Å². The third-order valence-electron chi connectivity index (χ3n) is 3.24. The van der Waals surface area contributed by atoms with Crippen molar-refractivity contribution in [1.82, 2.24) is 10.6 Å². The lowest BCUT2D eigenvalue weighted by molar-refractivity contribution is 0.0310. The summed E-state index contributed by atoms with van der Waals surface area (Å²) in [4.78, 5) is 4.52. The van der Waals surface area contributed by atoms with Crippen LogP contribution in [0.25, 0.3) is 0 Å².